The van der Waals surface area contributed by atoms with Gasteiger partial charge in [-0.2, -0.15) is 0 Å². The molecule has 186 valence electrons. The van der Waals surface area contributed by atoms with Crippen LogP contribution in [0.3, 0.4) is 0 Å². The zero-order valence-corrected chi connectivity index (χ0v) is 21.5. The van der Waals surface area contributed by atoms with Crippen molar-refractivity contribution in [3.8, 4) is 0 Å². The Balaban J connectivity index is 3.94. The second-order valence-corrected chi connectivity index (χ2v) is 9.63. The minimum absolute atomic E-state index is 0.224. The van der Waals surface area contributed by atoms with E-state index in [0.29, 0.717) is 6.61 Å². The van der Waals surface area contributed by atoms with Crippen molar-refractivity contribution in [1.29, 1.82) is 0 Å². The van der Waals surface area contributed by atoms with Gasteiger partial charge in [0.25, 0.3) is 0 Å². The van der Waals surface area contributed by atoms with Gasteiger partial charge in [0.15, 0.2) is 0 Å². The summed E-state index contributed by atoms with van der Waals surface area (Å²) in [7, 11) is 2.96. The highest BCUT2D eigenvalue weighted by Gasteiger charge is 2.20. The first-order valence-corrected chi connectivity index (χ1v) is 12.2. The molecule has 9 nitrogen and oxygen atoms in total. The molecule has 0 aliphatic heterocycles. The average Bonchev–Trinajstić information content (AvgIpc) is 2.70. The number of carbonyl (C=O) groups excluding carboxylic acids is 3. The van der Waals surface area contributed by atoms with Crippen LogP contribution in [-0.2, 0) is 14.4 Å². The van der Waals surface area contributed by atoms with Crippen LogP contribution in [0, 0.1) is 0 Å². The fourth-order valence-corrected chi connectivity index (χ4v) is 3.42. The molecule has 10 heteroatoms. The van der Waals surface area contributed by atoms with Crippen molar-refractivity contribution in [2.75, 3.05) is 20.7 Å². The molecule has 0 aromatic rings. The van der Waals surface area contributed by atoms with E-state index < -0.39 is 17.7 Å². The Kier molecular flexibility index (Phi) is 16.5. The first-order chi connectivity index (χ1) is 15.1. The Bertz CT molecular complexity index is 587. The summed E-state index contributed by atoms with van der Waals surface area (Å²) in [6, 6.07) is 0. The van der Waals surface area contributed by atoms with E-state index in [0.717, 1.165) is 35.7 Å². The van der Waals surface area contributed by atoms with Gasteiger partial charge in [-0.15, -0.1) is 0 Å². The summed E-state index contributed by atoms with van der Waals surface area (Å²) in [5.74, 6) is -0.224. The van der Waals surface area contributed by atoms with E-state index in [2.05, 4.69) is 17.4 Å². The molecule has 0 aromatic carbocycles. The first kappa shape index (κ1) is 30.0. The molecular weight excluding hydrogens is 432 g/mol. The number of oxime groups is 1. The van der Waals surface area contributed by atoms with Crippen molar-refractivity contribution >= 4 is 36.4 Å². The number of nitrogens with zero attached hydrogens (tertiary/aromatic N) is 3. The second kappa shape index (κ2) is 17.6. The van der Waals surface area contributed by atoms with Gasteiger partial charge in [-0.3, -0.25) is 9.63 Å². The van der Waals surface area contributed by atoms with Crippen LogP contribution in [-0.4, -0.2) is 59.2 Å². The van der Waals surface area contributed by atoms with E-state index in [-0.39, 0.29) is 5.91 Å². The zero-order chi connectivity index (χ0) is 24.4. The molecule has 0 fully saturated rings. The number of rotatable bonds is 16. The molecule has 0 bridgehead atoms. The van der Waals surface area contributed by atoms with E-state index in [1.165, 1.54) is 76.5 Å². The summed E-state index contributed by atoms with van der Waals surface area (Å²) in [5, 5.41) is 6.25. The van der Waals surface area contributed by atoms with Crippen LogP contribution in [0.15, 0.2) is 5.16 Å². The van der Waals surface area contributed by atoms with Crippen LogP contribution >= 0.6 is 12.1 Å². The topological polar surface area (TPSA) is 101 Å². The average molecular weight is 475 g/mol. The van der Waals surface area contributed by atoms with Crippen molar-refractivity contribution in [3.63, 3.8) is 0 Å². The maximum Gasteiger partial charge on any atom is 0.447 e. The first-order valence-electron chi connectivity index (χ1n) is 11.5. The molecule has 3 amide bonds. The second-order valence-electron chi connectivity index (χ2n) is 8.37. The predicted octanol–water partition coefficient (Wildman–Crippen LogP) is 5.51. The highest BCUT2D eigenvalue weighted by molar-refractivity contribution is 7.95. The maximum atomic E-state index is 12.0. The van der Waals surface area contributed by atoms with Crippen LogP contribution in [0.4, 0.5) is 9.59 Å². The summed E-state index contributed by atoms with van der Waals surface area (Å²) in [4.78, 5) is 39.9. The Morgan fingerprint density at radius 1 is 0.906 bits per heavy atom. The minimum atomic E-state index is -0.765. The lowest BCUT2D eigenvalue weighted by Gasteiger charge is -2.21. The maximum absolute atomic E-state index is 12.0. The van der Waals surface area contributed by atoms with Crippen LogP contribution in [0.1, 0.15) is 91.9 Å². The molecular formula is C22H42N4O5S. The molecule has 1 N–H and O–H groups in total. The van der Waals surface area contributed by atoms with Crippen molar-refractivity contribution in [2.24, 2.45) is 5.16 Å². The van der Waals surface area contributed by atoms with E-state index in [9.17, 15) is 14.4 Å². The molecule has 0 aliphatic rings. The molecule has 0 radical (unpaired) electrons. The normalized spacial score (nSPS) is 11.3. The summed E-state index contributed by atoms with van der Waals surface area (Å²) in [6.07, 6.45) is 12.2. The summed E-state index contributed by atoms with van der Waals surface area (Å²) in [6.45, 7) is 7.39. The fraction of sp³-hybridized carbons (Fsp3) is 0.818. The number of nitrogens with one attached hydrogen (secondary N) is 1. The number of hydrogen-bond acceptors (Lipinski definition) is 7. The van der Waals surface area contributed by atoms with Gasteiger partial charge >= 0.3 is 12.2 Å². The number of hydrogen-bond donors (Lipinski definition) is 1. The van der Waals surface area contributed by atoms with Crippen molar-refractivity contribution < 1.29 is 24.0 Å². The van der Waals surface area contributed by atoms with Gasteiger partial charge < -0.3 is 10.1 Å². The van der Waals surface area contributed by atoms with Crippen LogP contribution in [0.25, 0.3) is 0 Å². The molecule has 0 unspecified atom stereocenters. The lowest BCUT2D eigenvalue weighted by Crippen LogP contribution is -2.43. The highest BCUT2D eigenvalue weighted by Crippen LogP contribution is 2.15. The fourth-order valence-electron chi connectivity index (χ4n) is 2.84. The third kappa shape index (κ3) is 16.7. The van der Waals surface area contributed by atoms with Gasteiger partial charge in [-0.25, -0.2) is 18.2 Å². The quantitative estimate of drug-likeness (QED) is 0.104. The van der Waals surface area contributed by atoms with E-state index in [4.69, 9.17) is 9.57 Å². The minimum Gasteiger partial charge on any atom is -0.449 e. The molecule has 0 aliphatic carbocycles. The number of amides is 3. The number of unbranched alkanes of at least 4 members (excludes halogenated alkanes) is 9. The predicted molar refractivity (Wildman–Crippen MR) is 129 cm³/mol. The lowest BCUT2D eigenvalue weighted by atomic mass is 10.1. The smallest absolute Gasteiger partial charge is 0.447 e. The Hall–Kier alpha value is -1.97. The summed E-state index contributed by atoms with van der Waals surface area (Å²) < 4.78 is 7.56. The largest absolute Gasteiger partial charge is 0.449 e. The van der Waals surface area contributed by atoms with Gasteiger partial charge in [0.1, 0.15) is 0 Å². The van der Waals surface area contributed by atoms with Crippen molar-refractivity contribution in [3.05, 3.63) is 0 Å². The monoisotopic (exact) mass is 474 g/mol. The number of carbonyl (C=O) groups is 3. The molecule has 0 rings (SSSR count). The summed E-state index contributed by atoms with van der Waals surface area (Å²) >= 11 is 0.841. The van der Waals surface area contributed by atoms with E-state index >= 15 is 0 Å². The molecule has 0 aromatic heterocycles. The van der Waals surface area contributed by atoms with Crippen molar-refractivity contribution in [2.45, 2.75) is 97.4 Å². The molecule has 0 spiro atoms. The number of ether oxygens (including phenoxy) is 1. The zero-order valence-electron chi connectivity index (χ0n) is 20.6. The SMILES string of the molecule is CCCCCCCCCCCCOC(=O)N(C)SN(C)C(=O)ON=CC(C)(C)NC(C)=O. The molecule has 0 saturated heterocycles. The van der Waals surface area contributed by atoms with Gasteiger partial charge in [0.2, 0.25) is 5.91 Å². The Morgan fingerprint density at radius 3 is 1.94 bits per heavy atom. The third-order valence-corrected chi connectivity index (χ3v) is 5.28. The standard InChI is InChI=1S/C22H42N4O5S/c1-7-8-9-10-11-12-13-14-15-16-17-30-20(28)25(5)32-26(6)21(29)31-23-18-22(3,4)24-19(2)27/h18H,7-17H2,1-6H3,(H,24,27). The van der Waals surface area contributed by atoms with E-state index in [1.807, 2.05) is 0 Å². The van der Waals surface area contributed by atoms with Gasteiger partial charge in [-0.1, -0.05) is 69.9 Å². The molecule has 0 atom stereocenters. The van der Waals surface area contributed by atoms with Crippen LogP contribution in [0.2, 0.25) is 0 Å². The van der Waals surface area contributed by atoms with Crippen molar-refractivity contribution in [1.82, 2.24) is 13.9 Å². The van der Waals surface area contributed by atoms with Crippen LogP contribution in [0.5, 0.6) is 0 Å². The third-order valence-electron chi connectivity index (χ3n) is 4.49. The Labute approximate surface area is 197 Å². The lowest BCUT2D eigenvalue weighted by molar-refractivity contribution is -0.119. The van der Waals surface area contributed by atoms with Crippen LogP contribution < -0.4 is 5.32 Å². The Morgan fingerprint density at radius 2 is 1.41 bits per heavy atom. The van der Waals surface area contributed by atoms with Gasteiger partial charge in [0.05, 0.1) is 30.5 Å². The summed E-state index contributed by atoms with van der Waals surface area (Å²) in [5.41, 5.74) is -0.757. The molecule has 32 heavy (non-hydrogen) atoms. The van der Waals surface area contributed by atoms with Gasteiger partial charge in [-0.05, 0) is 20.3 Å². The van der Waals surface area contributed by atoms with Gasteiger partial charge in [0, 0.05) is 21.0 Å². The molecule has 0 heterocycles. The van der Waals surface area contributed by atoms with E-state index in [1.54, 1.807) is 13.8 Å². The molecule has 0 saturated carbocycles. The highest BCUT2D eigenvalue weighted by atomic mass is 32.2.